The Hall–Kier alpha value is -1.91. The summed E-state index contributed by atoms with van der Waals surface area (Å²) in [6.45, 7) is 0.893. The number of carbonyl (C=O) groups is 2. The number of rotatable bonds is 2. The molecule has 5 heteroatoms. The number of hydrogen-bond acceptors (Lipinski definition) is 3. The van der Waals surface area contributed by atoms with Crippen molar-refractivity contribution in [3.8, 4) is 0 Å². The Morgan fingerprint density at radius 2 is 2.24 bits per heavy atom. The lowest BCUT2D eigenvalue weighted by atomic mass is 9.98. The number of likely N-dealkylation sites (tertiary alicyclic amines) is 1. The number of carbonyl (C=O) groups excluding carboxylic acids is 1. The fourth-order valence-corrected chi connectivity index (χ4v) is 2.01. The molecule has 0 aliphatic carbocycles. The van der Waals surface area contributed by atoms with E-state index in [1.807, 2.05) is 0 Å². The minimum absolute atomic E-state index is 0.184. The summed E-state index contributed by atoms with van der Waals surface area (Å²) in [6, 6.07) is 5.14. The van der Waals surface area contributed by atoms with Crippen molar-refractivity contribution in [3.05, 3.63) is 30.1 Å². The molecule has 5 nitrogen and oxygen atoms in total. The van der Waals surface area contributed by atoms with Gasteiger partial charge in [0, 0.05) is 19.3 Å². The summed E-state index contributed by atoms with van der Waals surface area (Å²) in [7, 11) is 0. The van der Waals surface area contributed by atoms with Gasteiger partial charge >= 0.3 is 5.97 Å². The van der Waals surface area contributed by atoms with Gasteiger partial charge in [0.2, 0.25) is 0 Å². The van der Waals surface area contributed by atoms with Crippen LogP contribution in [0.2, 0.25) is 0 Å². The van der Waals surface area contributed by atoms with Gasteiger partial charge in [-0.15, -0.1) is 0 Å². The summed E-state index contributed by atoms with van der Waals surface area (Å²) in [5.41, 5.74) is 0.374. The molecule has 0 bridgehead atoms. The van der Waals surface area contributed by atoms with Crippen molar-refractivity contribution in [1.82, 2.24) is 9.88 Å². The molecule has 1 atom stereocenters. The number of carboxylic acid groups (broad SMARTS) is 1. The predicted octanol–water partition coefficient (Wildman–Crippen LogP) is 1.02. The average molecular weight is 234 g/mol. The summed E-state index contributed by atoms with van der Waals surface area (Å²) >= 11 is 0. The topological polar surface area (TPSA) is 70.5 Å². The van der Waals surface area contributed by atoms with Crippen LogP contribution in [0.25, 0.3) is 0 Å². The van der Waals surface area contributed by atoms with Gasteiger partial charge in [0.1, 0.15) is 5.69 Å². The fraction of sp³-hybridized carbons (Fsp3) is 0.417. The number of aliphatic carboxylic acids is 1. The van der Waals surface area contributed by atoms with Crippen molar-refractivity contribution in [2.24, 2.45) is 5.92 Å². The van der Waals surface area contributed by atoms with Crippen molar-refractivity contribution >= 4 is 11.9 Å². The average Bonchev–Trinajstić information content (AvgIpc) is 2.39. The lowest BCUT2D eigenvalue weighted by Crippen LogP contribution is -2.42. The van der Waals surface area contributed by atoms with Crippen LogP contribution in [0.15, 0.2) is 24.4 Å². The van der Waals surface area contributed by atoms with Crippen LogP contribution < -0.4 is 0 Å². The molecular weight excluding hydrogens is 220 g/mol. The van der Waals surface area contributed by atoms with Crippen LogP contribution in [-0.4, -0.2) is 40.0 Å². The number of nitrogens with zero attached hydrogens (tertiary/aromatic N) is 2. The van der Waals surface area contributed by atoms with Gasteiger partial charge in [-0.3, -0.25) is 14.6 Å². The molecule has 1 amide bonds. The molecule has 1 fully saturated rings. The number of carboxylic acids is 1. The molecule has 0 radical (unpaired) electrons. The van der Waals surface area contributed by atoms with E-state index < -0.39 is 11.9 Å². The van der Waals surface area contributed by atoms with Gasteiger partial charge < -0.3 is 10.0 Å². The van der Waals surface area contributed by atoms with Gasteiger partial charge in [-0.05, 0) is 25.0 Å². The molecule has 1 saturated heterocycles. The summed E-state index contributed by atoms with van der Waals surface area (Å²) in [4.78, 5) is 28.5. The Morgan fingerprint density at radius 1 is 1.41 bits per heavy atom. The first-order valence-electron chi connectivity index (χ1n) is 5.61. The van der Waals surface area contributed by atoms with E-state index in [0.29, 0.717) is 18.7 Å². The van der Waals surface area contributed by atoms with E-state index in [-0.39, 0.29) is 12.5 Å². The molecule has 17 heavy (non-hydrogen) atoms. The number of pyridine rings is 1. The second-order valence-corrected chi connectivity index (χ2v) is 4.14. The van der Waals surface area contributed by atoms with Gasteiger partial charge in [-0.2, -0.15) is 0 Å². The van der Waals surface area contributed by atoms with Crippen molar-refractivity contribution in [1.29, 1.82) is 0 Å². The Morgan fingerprint density at radius 3 is 2.88 bits per heavy atom. The number of piperidine rings is 1. The van der Waals surface area contributed by atoms with E-state index in [9.17, 15) is 9.59 Å². The normalized spacial score (nSPS) is 20.0. The van der Waals surface area contributed by atoms with Crippen LogP contribution in [0.4, 0.5) is 0 Å². The van der Waals surface area contributed by atoms with Crippen LogP contribution in [-0.2, 0) is 4.79 Å². The highest BCUT2D eigenvalue weighted by molar-refractivity contribution is 5.92. The van der Waals surface area contributed by atoms with Crippen LogP contribution >= 0.6 is 0 Å². The molecule has 1 N–H and O–H groups in total. The first-order chi connectivity index (χ1) is 8.18. The van der Waals surface area contributed by atoms with Crippen molar-refractivity contribution in [2.45, 2.75) is 12.8 Å². The maximum Gasteiger partial charge on any atom is 0.308 e. The molecule has 1 aliphatic rings. The number of hydrogen-bond donors (Lipinski definition) is 1. The van der Waals surface area contributed by atoms with Gasteiger partial charge in [-0.1, -0.05) is 6.07 Å². The zero-order valence-electron chi connectivity index (χ0n) is 9.37. The summed E-state index contributed by atoms with van der Waals surface area (Å²) < 4.78 is 0. The molecule has 2 rings (SSSR count). The quantitative estimate of drug-likeness (QED) is 0.829. The lowest BCUT2D eigenvalue weighted by Gasteiger charge is -2.30. The Bertz CT molecular complexity index is 419. The largest absolute Gasteiger partial charge is 0.481 e. The summed E-state index contributed by atoms with van der Waals surface area (Å²) in [6.07, 6.45) is 2.93. The molecular formula is C12H14N2O3. The van der Waals surface area contributed by atoms with E-state index in [4.69, 9.17) is 5.11 Å². The van der Waals surface area contributed by atoms with E-state index in [1.165, 1.54) is 0 Å². The van der Waals surface area contributed by atoms with Crippen LogP contribution in [0.5, 0.6) is 0 Å². The molecule has 1 aromatic heterocycles. The molecule has 0 unspecified atom stereocenters. The molecule has 1 aromatic rings. The predicted molar refractivity (Wildman–Crippen MR) is 60.5 cm³/mol. The molecule has 1 aliphatic heterocycles. The zero-order valence-corrected chi connectivity index (χ0v) is 9.37. The second-order valence-electron chi connectivity index (χ2n) is 4.14. The van der Waals surface area contributed by atoms with E-state index in [1.54, 1.807) is 29.3 Å². The van der Waals surface area contributed by atoms with Crippen molar-refractivity contribution in [3.63, 3.8) is 0 Å². The van der Waals surface area contributed by atoms with Gasteiger partial charge in [0.05, 0.1) is 5.92 Å². The van der Waals surface area contributed by atoms with E-state index >= 15 is 0 Å². The highest BCUT2D eigenvalue weighted by Gasteiger charge is 2.28. The van der Waals surface area contributed by atoms with Crippen LogP contribution in [0.1, 0.15) is 23.3 Å². The molecule has 0 aromatic carbocycles. The SMILES string of the molecule is O=C(O)[C@H]1CCCN(C(=O)c2ccccn2)C1. The van der Waals surface area contributed by atoms with E-state index in [0.717, 1.165) is 6.42 Å². The fourth-order valence-electron chi connectivity index (χ4n) is 2.01. The van der Waals surface area contributed by atoms with E-state index in [2.05, 4.69) is 4.98 Å². The Balaban J connectivity index is 2.07. The first-order valence-corrected chi connectivity index (χ1v) is 5.61. The molecule has 0 saturated carbocycles. The van der Waals surface area contributed by atoms with Crippen LogP contribution in [0.3, 0.4) is 0 Å². The van der Waals surface area contributed by atoms with Gasteiger partial charge in [0.25, 0.3) is 5.91 Å². The van der Waals surface area contributed by atoms with Gasteiger partial charge in [0.15, 0.2) is 0 Å². The first kappa shape index (κ1) is 11.6. The monoisotopic (exact) mass is 234 g/mol. The summed E-state index contributed by atoms with van der Waals surface area (Å²) in [5, 5.41) is 8.95. The third-order valence-corrected chi connectivity index (χ3v) is 2.94. The van der Waals surface area contributed by atoms with Gasteiger partial charge in [-0.25, -0.2) is 0 Å². The lowest BCUT2D eigenvalue weighted by molar-refractivity contribution is -0.143. The third-order valence-electron chi connectivity index (χ3n) is 2.94. The van der Waals surface area contributed by atoms with Crippen molar-refractivity contribution < 1.29 is 14.7 Å². The zero-order chi connectivity index (χ0) is 12.3. The molecule has 0 spiro atoms. The third kappa shape index (κ3) is 2.61. The highest BCUT2D eigenvalue weighted by Crippen LogP contribution is 2.18. The van der Waals surface area contributed by atoms with Crippen LogP contribution in [0, 0.1) is 5.92 Å². The number of aromatic nitrogens is 1. The Kier molecular flexibility index (Phi) is 3.37. The minimum Gasteiger partial charge on any atom is -0.481 e. The standard InChI is InChI=1S/C12H14N2O3/c15-11(10-5-1-2-6-13-10)14-7-3-4-9(8-14)12(16)17/h1-2,5-6,9H,3-4,7-8H2,(H,16,17)/t9-/m0/s1. The molecule has 2 heterocycles. The molecule has 90 valence electrons. The van der Waals surface area contributed by atoms with Crippen molar-refractivity contribution in [2.75, 3.05) is 13.1 Å². The summed E-state index contributed by atoms with van der Waals surface area (Å²) in [5.74, 6) is -1.46. The smallest absolute Gasteiger partial charge is 0.308 e. The number of amides is 1. The minimum atomic E-state index is -0.830. The maximum atomic E-state index is 12.0. The second kappa shape index (κ2) is 4.95. The Labute approximate surface area is 99.1 Å². The highest BCUT2D eigenvalue weighted by atomic mass is 16.4. The maximum absolute atomic E-state index is 12.0.